The van der Waals surface area contributed by atoms with E-state index in [1.165, 1.54) is 47.0 Å². The van der Waals surface area contributed by atoms with Crippen LogP contribution in [-0.2, 0) is 44.3 Å². The number of nitrogens with zero attached hydrogens (tertiary/aromatic N) is 6. The number of unbranched alkanes of at least 4 members (excludes halogenated alkanes) is 2. The van der Waals surface area contributed by atoms with Crippen molar-refractivity contribution in [2.45, 2.75) is 160 Å². The highest BCUT2D eigenvalue weighted by atomic mass is 15.6. The van der Waals surface area contributed by atoms with Gasteiger partial charge in [-0.25, -0.2) is 14.0 Å². The van der Waals surface area contributed by atoms with Crippen molar-refractivity contribution in [2.75, 3.05) is 0 Å². The van der Waals surface area contributed by atoms with Crippen molar-refractivity contribution in [3.8, 4) is 0 Å². The van der Waals surface area contributed by atoms with E-state index in [9.17, 15) is 0 Å². The van der Waals surface area contributed by atoms with E-state index < -0.39 is 5.79 Å². The van der Waals surface area contributed by atoms with Crippen LogP contribution < -0.4 is 0 Å². The summed E-state index contributed by atoms with van der Waals surface area (Å²) in [5.41, 5.74) is 7.43. The maximum atomic E-state index is 5.58. The van der Waals surface area contributed by atoms with Gasteiger partial charge in [0, 0.05) is 23.5 Å². The Hall–Kier alpha value is -2.37. The van der Waals surface area contributed by atoms with Gasteiger partial charge < -0.3 is 0 Å². The van der Waals surface area contributed by atoms with Gasteiger partial charge in [-0.1, -0.05) is 103 Å². The Morgan fingerprint density at radius 1 is 0.467 bits per heavy atom. The average Bonchev–Trinajstić information content (AvgIpc) is 3.58. The topological polar surface area (TPSA) is 53.5 Å². The zero-order valence-corrected chi connectivity index (χ0v) is 31.5. The first-order valence-corrected chi connectivity index (χ1v) is 18.4. The number of rotatable bonds is 19. The first-order chi connectivity index (χ1) is 21.2. The molecule has 0 saturated heterocycles. The van der Waals surface area contributed by atoms with Gasteiger partial charge in [0.1, 0.15) is 0 Å². The van der Waals surface area contributed by atoms with Gasteiger partial charge in [0.15, 0.2) is 0 Å². The van der Waals surface area contributed by atoms with E-state index in [4.69, 9.17) is 15.3 Å². The molecule has 0 aliphatic heterocycles. The van der Waals surface area contributed by atoms with Crippen LogP contribution >= 0.6 is 0 Å². The molecule has 45 heavy (non-hydrogen) atoms. The van der Waals surface area contributed by atoms with Gasteiger partial charge in [0.05, 0.1) is 17.1 Å². The molecule has 0 aliphatic carbocycles. The van der Waals surface area contributed by atoms with Crippen LogP contribution in [0.5, 0.6) is 0 Å². The van der Waals surface area contributed by atoms with Gasteiger partial charge in [0.2, 0.25) is 5.79 Å². The van der Waals surface area contributed by atoms with Gasteiger partial charge in [0.25, 0.3) is 0 Å². The van der Waals surface area contributed by atoms with Crippen molar-refractivity contribution < 1.29 is 0 Å². The largest absolute Gasteiger partial charge is 0.249 e. The molecule has 3 aromatic heterocycles. The second-order valence-electron chi connectivity index (χ2n) is 16.4. The molecule has 0 radical (unpaired) electrons. The molecule has 3 rings (SSSR count). The fourth-order valence-corrected chi connectivity index (χ4v) is 6.80. The van der Waals surface area contributed by atoms with Crippen molar-refractivity contribution in [1.82, 2.24) is 29.3 Å². The second kappa shape index (κ2) is 16.5. The average molecular weight is 621 g/mol. The van der Waals surface area contributed by atoms with E-state index in [1.54, 1.807) is 0 Å². The Bertz CT molecular complexity index is 1150. The predicted octanol–water partition coefficient (Wildman–Crippen LogP) is 9.75. The molecule has 0 N–H and O–H groups in total. The van der Waals surface area contributed by atoms with E-state index >= 15 is 0 Å². The van der Waals surface area contributed by atoms with Crippen molar-refractivity contribution in [1.29, 1.82) is 0 Å². The summed E-state index contributed by atoms with van der Waals surface area (Å²) >= 11 is 0. The SMILES string of the molecule is CCCCCC(n1nc(CC(C)C)cc1CC(C)C)(n1nc(CC(C)C)cc1CC(C)C)n1nc(CC(C)C)cc1CC(C)C. The summed E-state index contributed by atoms with van der Waals surface area (Å²) in [7, 11) is 0. The Morgan fingerprint density at radius 3 is 1.00 bits per heavy atom. The Balaban J connectivity index is 2.55. The normalized spacial score (nSPS) is 12.9. The van der Waals surface area contributed by atoms with Crippen LogP contribution in [0.25, 0.3) is 0 Å². The lowest BCUT2D eigenvalue weighted by Crippen LogP contribution is -2.52. The minimum atomic E-state index is -0.701. The minimum Gasteiger partial charge on any atom is -0.221 e. The standard InChI is InChI=1S/C39H68N6/c1-14-15-16-17-39(43-36(21-30(8)9)24-33(40-43)18-27(2)3,44-37(22-31(10)11)25-34(41-44)19-28(4)5)45-38(23-32(12)13)26-35(42-45)20-29(6)7/h24-32H,14-23H2,1-13H3. The lowest BCUT2D eigenvalue weighted by molar-refractivity contribution is 0.0840. The second-order valence-corrected chi connectivity index (χ2v) is 16.4. The Kier molecular flexibility index (Phi) is 13.6. The number of hydrogen-bond donors (Lipinski definition) is 0. The van der Waals surface area contributed by atoms with E-state index in [0.29, 0.717) is 35.5 Å². The maximum Gasteiger partial charge on any atom is 0.249 e. The molecule has 0 saturated carbocycles. The number of aromatic nitrogens is 6. The summed E-state index contributed by atoms with van der Waals surface area (Å²) in [4.78, 5) is 0. The van der Waals surface area contributed by atoms with Crippen LogP contribution in [0.15, 0.2) is 18.2 Å². The molecule has 0 bridgehead atoms. The summed E-state index contributed by atoms with van der Waals surface area (Å²) in [5, 5.41) is 16.8. The quantitative estimate of drug-likeness (QED) is 0.125. The van der Waals surface area contributed by atoms with Crippen molar-refractivity contribution in [3.63, 3.8) is 0 Å². The third-order valence-electron chi connectivity index (χ3n) is 8.34. The molecule has 6 nitrogen and oxygen atoms in total. The molecule has 6 heteroatoms. The third kappa shape index (κ3) is 9.81. The fraction of sp³-hybridized carbons (Fsp3) is 0.769. The highest BCUT2D eigenvalue weighted by molar-refractivity contribution is 5.22. The van der Waals surface area contributed by atoms with Gasteiger partial charge in [-0.2, -0.15) is 15.3 Å². The summed E-state index contributed by atoms with van der Waals surface area (Å²) in [6, 6.07) is 7.20. The fourth-order valence-electron chi connectivity index (χ4n) is 6.80. The zero-order valence-electron chi connectivity index (χ0n) is 31.5. The first kappa shape index (κ1) is 37.1. The van der Waals surface area contributed by atoms with E-state index in [1.807, 2.05) is 0 Å². The van der Waals surface area contributed by atoms with Crippen LogP contribution in [0, 0.1) is 35.5 Å². The molecule has 0 spiro atoms. The van der Waals surface area contributed by atoms with Crippen molar-refractivity contribution >= 4 is 0 Å². The first-order valence-electron chi connectivity index (χ1n) is 18.4. The Morgan fingerprint density at radius 2 is 0.756 bits per heavy atom. The molecule has 254 valence electrons. The highest BCUT2D eigenvalue weighted by Crippen LogP contribution is 2.36. The van der Waals surface area contributed by atoms with Crippen molar-refractivity contribution in [2.24, 2.45) is 35.5 Å². The third-order valence-corrected chi connectivity index (χ3v) is 8.34. The zero-order chi connectivity index (χ0) is 33.5. The van der Waals surface area contributed by atoms with E-state index in [0.717, 1.165) is 51.4 Å². The molecule has 3 aromatic rings. The smallest absolute Gasteiger partial charge is 0.221 e. The van der Waals surface area contributed by atoms with Gasteiger partial charge in [-0.3, -0.25) is 0 Å². The maximum absolute atomic E-state index is 5.58. The van der Waals surface area contributed by atoms with E-state index in [2.05, 4.69) is 122 Å². The van der Waals surface area contributed by atoms with Crippen LogP contribution in [0.1, 0.15) is 150 Å². The Labute approximate surface area is 276 Å². The van der Waals surface area contributed by atoms with Gasteiger partial charge >= 0.3 is 0 Å². The number of hydrogen-bond acceptors (Lipinski definition) is 3. The summed E-state index contributed by atoms with van der Waals surface area (Å²) in [6.07, 6.45) is 10.1. The lowest BCUT2D eigenvalue weighted by Gasteiger charge is -2.39. The lowest BCUT2D eigenvalue weighted by atomic mass is 10.0. The summed E-state index contributed by atoms with van der Waals surface area (Å²) in [5.74, 6) is 2.43. The van der Waals surface area contributed by atoms with Crippen LogP contribution in [0.2, 0.25) is 0 Å². The van der Waals surface area contributed by atoms with Crippen LogP contribution in [0.4, 0.5) is 0 Å². The monoisotopic (exact) mass is 621 g/mol. The highest BCUT2D eigenvalue weighted by Gasteiger charge is 2.44. The van der Waals surface area contributed by atoms with Crippen molar-refractivity contribution in [3.05, 3.63) is 52.4 Å². The van der Waals surface area contributed by atoms with Gasteiger partial charge in [-0.05, 0) is 98.7 Å². The summed E-state index contributed by atoms with van der Waals surface area (Å²) < 4.78 is 7.23. The molecule has 0 atom stereocenters. The molecule has 0 aromatic carbocycles. The molecule has 0 fully saturated rings. The summed E-state index contributed by atoms with van der Waals surface area (Å²) in [6.45, 7) is 30.1. The molecular weight excluding hydrogens is 552 g/mol. The van der Waals surface area contributed by atoms with E-state index in [-0.39, 0.29) is 0 Å². The van der Waals surface area contributed by atoms with Crippen LogP contribution in [-0.4, -0.2) is 29.3 Å². The molecule has 3 heterocycles. The molecule has 0 amide bonds. The van der Waals surface area contributed by atoms with Gasteiger partial charge in [-0.15, -0.1) is 0 Å². The molecule has 0 unspecified atom stereocenters. The predicted molar refractivity (Wildman–Crippen MR) is 191 cm³/mol. The van der Waals surface area contributed by atoms with Crippen LogP contribution in [0.3, 0.4) is 0 Å². The minimum absolute atomic E-state index is 0.509. The molecular formula is C39H68N6. The molecule has 0 aliphatic rings.